The first-order chi connectivity index (χ1) is 20.3. The van der Waals surface area contributed by atoms with Crippen molar-refractivity contribution in [2.75, 3.05) is 24.4 Å². The molecule has 4 rings (SSSR count). The van der Waals surface area contributed by atoms with Crippen LogP contribution in [0, 0.1) is 11.8 Å². The van der Waals surface area contributed by atoms with Crippen molar-refractivity contribution in [2.24, 2.45) is 11.8 Å². The standard InChI is InChI=1S/C32H51F2N5O4S/c1-22(2)20-31(6,7)43-29(40)35-24-13-17-38(18-14-24)44(41,42)37(8)25-9-10-27-26(19-25)36-28(30(3,4)5)39(27)21-23-11-15-32(33,34)16-12-23/h9-10,19,22-24H,11-18,20-21H2,1-8H3,(H,35,40). The van der Waals surface area contributed by atoms with Gasteiger partial charge >= 0.3 is 16.3 Å². The summed E-state index contributed by atoms with van der Waals surface area (Å²) in [6, 6.07) is 5.29. The predicted octanol–water partition coefficient (Wildman–Crippen LogP) is 6.86. The van der Waals surface area contributed by atoms with Crippen LogP contribution >= 0.6 is 0 Å². The van der Waals surface area contributed by atoms with E-state index in [4.69, 9.17) is 9.72 Å². The Morgan fingerprint density at radius 3 is 2.30 bits per heavy atom. The van der Waals surface area contributed by atoms with Crippen LogP contribution in [0.3, 0.4) is 0 Å². The van der Waals surface area contributed by atoms with Gasteiger partial charge < -0.3 is 14.6 Å². The number of benzene rings is 1. The van der Waals surface area contributed by atoms with E-state index in [2.05, 4.69) is 44.5 Å². The number of carbonyl (C=O) groups excluding carboxylic acids is 1. The molecule has 0 bridgehead atoms. The molecule has 1 aliphatic heterocycles. The fraction of sp³-hybridized carbons (Fsp3) is 0.750. The van der Waals surface area contributed by atoms with E-state index in [-0.39, 0.29) is 43.3 Å². The zero-order chi connectivity index (χ0) is 32.7. The van der Waals surface area contributed by atoms with E-state index in [0.29, 0.717) is 49.4 Å². The van der Waals surface area contributed by atoms with Crippen molar-refractivity contribution in [3.8, 4) is 0 Å². The van der Waals surface area contributed by atoms with Crippen molar-refractivity contribution >= 4 is 33.0 Å². The Labute approximate surface area is 261 Å². The zero-order valence-corrected chi connectivity index (χ0v) is 28.4. The third-order valence-corrected chi connectivity index (χ3v) is 10.7. The Morgan fingerprint density at radius 1 is 1.11 bits per heavy atom. The number of alkyl halides is 2. The molecule has 0 spiro atoms. The largest absolute Gasteiger partial charge is 0.444 e. The number of imidazole rings is 1. The van der Waals surface area contributed by atoms with Crippen LogP contribution in [-0.2, 0) is 26.9 Å². The first-order valence-electron chi connectivity index (χ1n) is 15.9. The molecule has 0 atom stereocenters. The monoisotopic (exact) mass is 639 g/mol. The minimum atomic E-state index is -3.83. The van der Waals surface area contributed by atoms with Crippen LogP contribution < -0.4 is 9.62 Å². The molecule has 2 fully saturated rings. The van der Waals surface area contributed by atoms with E-state index in [1.165, 1.54) is 8.61 Å². The highest BCUT2D eigenvalue weighted by Crippen LogP contribution is 2.38. The van der Waals surface area contributed by atoms with Crippen LogP contribution in [0.2, 0.25) is 0 Å². The maximum atomic E-state index is 13.8. The second-order valence-corrected chi connectivity index (χ2v) is 16.8. The minimum Gasteiger partial charge on any atom is -0.444 e. The molecule has 1 aliphatic carbocycles. The van der Waals surface area contributed by atoms with Gasteiger partial charge in [-0.1, -0.05) is 34.6 Å². The molecule has 44 heavy (non-hydrogen) atoms. The third kappa shape index (κ3) is 8.21. The molecule has 2 heterocycles. The average Bonchev–Trinajstić information content (AvgIpc) is 3.26. The Morgan fingerprint density at radius 2 is 1.73 bits per heavy atom. The summed E-state index contributed by atoms with van der Waals surface area (Å²) in [5, 5.41) is 2.91. The molecule has 1 aromatic carbocycles. The smallest absolute Gasteiger partial charge is 0.407 e. The Bertz CT molecular complexity index is 1420. The van der Waals surface area contributed by atoms with E-state index in [1.54, 1.807) is 19.2 Å². The number of ether oxygens (including phenoxy) is 1. The molecule has 1 saturated heterocycles. The number of anilines is 1. The predicted molar refractivity (Wildman–Crippen MR) is 170 cm³/mol. The molecule has 248 valence electrons. The lowest BCUT2D eigenvalue weighted by atomic mass is 9.86. The number of amides is 1. The number of fused-ring (bicyclic) bond motifs is 1. The van der Waals surface area contributed by atoms with Gasteiger partial charge in [-0.15, -0.1) is 0 Å². The molecule has 1 N–H and O–H groups in total. The van der Waals surface area contributed by atoms with Gasteiger partial charge in [0.1, 0.15) is 11.4 Å². The number of halogens is 2. The van der Waals surface area contributed by atoms with Gasteiger partial charge in [-0.05, 0) is 76.0 Å². The highest BCUT2D eigenvalue weighted by molar-refractivity contribution is 7.90. The van der Waals surface area contributed by atoms with Crippen molar-refractivity contribution in [2.45, 2.75) is 123 Å². The van der Waals surface area contributed by atoms with Crippen LogP contribution in [0.5, 0.6) is 0 Å². The second-order valence-electron chi connectivity index (χ2n) is 14.8. The van der Waals surface area contributed by atoms with Crippen molar-refractivity contribution in [1.82, 2.24) is 19.2 Å². The topological polar surface area (TPSA) is 96.8 Å². The highest BCUT2D eigenvalue weighted by atomic mass is 32.2. The lowest BCUT2D eigenvalue weighted by Crippen LogP contribution is -2.50. The van der Waals surface area contributed by atoms with Crippen LogP contribution in [-0.4, -0.2) is 66.1 Å². The van der Waals surface area contributed by atoms with Gasteiger partial charge in [0.05, 0.1) is 16.7 Å². The molecule has 0 unspecified atom stereocenters. The van der Waals surface area contributed by atoms with Gasteiger partial charge in [0.15, 0.2) is 0 Å². The summed E-state index contributed by atoms with van der Waals surface area (Å²) in [4.78, 5) is 17.4. The number of hydrogen-bond donors (Lipinski definition) is 1. The number of nitrogens with zero attached hydrogens (tertiary/aromatic N) is 4. The summed E-state index contributed by atoms with van der Waals surface area (Å²) in [5.74, 6) is -1.19. The van der Waals surface area contributed by atoms with Crippen LogP contribution in [0.1, 0.15) is 99.2 Å². The molecule has 1 aromatic heterocycles. The number of carbonyl (C=O) groups is 1. The number of alkyl carbamates (subject to hydrolysis) is 1. The van der Waals surface area contributed by atoms with Crippen LogP contribution in [0.25, 0.3) is 11.0 Å². The summed E-state index contributed by atoms with van der Waals surface area (Å²) in [7, 11) is -2.29. The SMILES string of the molecule is CC(C)CC(C)(C)OC(=O)NC1CCN(S(=O)(=O)N(C)c2ccc3c(c2)nc(C(C)(C)C)n3CC2CCC(F)(F)CC2)CC1. The average molecular weight is 640 g/mol. The molecule has 12 heteroatoms. The molecule has 1 amide bonds. The van der Waals surface area contributed by atoms with Gasteiger partial charge in [0.25, 0.3) is 0 Å². The normalized spacial score (nSPS) is 19.4. The van der Waals surface area contributed by atoms with Gasteiger partial charge in [-0.3, -0.25) is 4.31 Å². The maximum Gasteiger partial charge on any atom is 0.407 e. The number of nitrogens with one attached hydrogen (secondary N) is 1. The maximum absolute atomic E-state index is 13.8. The molecule has 2 aliphatic rings. The van der Waals surface area contributed by atoms with Crippen molar-refractivity contribution in [3.63, 3.8) is 0 Å². The number of hydrogen-bond acceptors (Lipinski definition) is 5. The summed E-state index contributed by atoms with van der Waals surface area (Å²) in [6.45, 7) is 15.3. The van der Waals surface area contributed by atoms with Crippen molar-refractivity contribution in [3.05, 3.63) is 24.0 Å². The molecule has 1 saturated carbocycles. The van der Waals surface area contributed by atoms with E-state index in [1.807, 2.05) is 19.9 Å². The van der Waals surface area contributed by atoms with Crippen LogP contribution in [0.15, 0.2) is 18.2 Å². The van der Waals surface area contributed by atoms with Crippen molar-refractivity contribution < 1.29 is 26.7 Å². The summed E-state index contributed by atoms with van der Waals surface area (Å²) >= 11 is 0. The molecular formula is C32H51F2N5O4S. The van der Waals surface area contributed by atoms with Gasteiger partial charge in [0, 0.05) is 51.0 Å². The number of aromatic nitrogens is 2. The first-order valence-corrected chi connectivity index (χ1v) is 17.3. The lowest BCUT2D eigenvalue weighted by molar-refractivity contribution is -0.0473. The Hall–Kier alpha value is -2.47. The Balaban J connectivity index is 1.44. The summed E-state index contributed by atoms with van der Waals surface area (Å²) in [6.07, 6.45) is 2.01. The van der Waals surface area contributed by atoms with Gasteiger partial charge in [-0.25, -0.2) is 18.6 Å². The first kappa shape index (κ1) is 34.4. The van der Waals surface area contributed by atoms with Crippen LogP contribution in [0.4, 0.5) is 19.3 Å². The number of piperidine rings is 1. The molecule has 0 radical (unpaired) electrons. The quantitative estimate of drug-likeness (QED) is 0.324. The number of rotatable bonds is 9. The summed E-state index contributed by atoms with van der Waals surface area (Å²) < 4.78 is 65.3. The van der Waals surface area contributed by atoms with E-state index in [9.17, 15) is 22.0 Å². The fourth-order valence-corrected chi connectivity index (χ4v) is 8.02. The third-order valence-electron chi connectivity index (χ3n) is 8.76. The highest BCUT2D eigenvalue weighted by Gasteiger charge is 2.37. The molecule has 9 nitrogen and oxygen atoms in total. The summed E-state index contributed by atoms with van der Waals surface area (Å²) in [5.41, 5.74) is 1.18. The fourth-order valence-electron chi connectivity index (χ4n) is 6.62. The molecular weight excluding hydrogens is 588 g/mol. The van der Waals surface area contributed by atoms with E-state index >= 15 is 0 Å². The molecule has 2 aromatic rings. The second kappa shape index (κ2) is 12.7. The van der Waals surface area contributed by atoms with E-state index < -0.39 is 27.8 Å². The zero-order valence-electron chi connectivity index (χ0n) is 27.6. The van der Waals surface area contributed by atoms with Crippen molar-refractivity contribution in [1.29, 1.82) is 0 Å². The van der Waals surface area contributed by atoms with E-state index in [0.717, 1.165) is 17.8 Å². The Kier molecular flexibility index (Phi) is 9.95. The van der Waals surface area contributed by atoms with Gasteiger partial charge in [-0.2, -0.15) is 12.7 Å². The lowest BCUT2D eigenvalue weighted by Gasteiger charge is -2.35. The van der Waals surface area contributed by atoms with Gasteiger partial charge in [0.2, 0.25) is 5.92 Å². The minimum absolute atomic E-state index is 0.0875.